The van der Waals surface area contributed by atoms with Crippen LogP contribution in [0.15, 0.2) is 30.3 Å². The van der Waals surface area contributed by atoms with Crippen molar-refractivity contribution in [2.75, 3.05) is 18.8 Å². The van der Waals surface area contributed by atoms with E-state index in [1.165, 1.54) is 12.1 Å². The zero-order chi connectivity index (χ0) is 18.3. The van der Waals surface area contributed by atoms with Crippen LogP contribution in [0.1, 0.15) is 35.7 Å². The van der Waals surface area contributed by atoms with Crippen LogP contribution >= 0.6 is 0 Å². The molecule has 1 saturated heterocycles. The fraction of sp³-hybridized carbons (Fsp3) is 0.368. The highest BCUT2D eigenvalue weighted by atomic mass is 19.1. The van der Waals surface area contributed by atoms with E-state index in [0.717, 1.165) is 49.0 Å². The number of piperidine rings is 1. The fourth-order valence-corrected chi connectivity index (χ4v) is 3.69. The van der Waals surface area contributed by atoms with Gasteiger partial charge in [-0.05, 0) is 44.5 Å². The van der Waals surface area contributed by atoms with Crippen molar-refractivity contribution in [3.8, 4) is 0 Å². The smallest absolute Gasteiger partial charge is 0.157 e. The summed E-state index contributed by atoms with van der Waals surface area (Å²) in [5.41, 5.74) is 9.06. The molecule has 0 aliphatic carbocycles. The molecule has 1 aliphatic heterocycles. The van der Waals surface area contributed by atoms with E-state index in [4.69, 9.17) is 10.7 Å². The van der Waals surface area contributed by atoms with Crippen LogP contribution in [0.2, 0.25) is 0 Å². The van der Waals surface area contributed by atoms with Gasteiger partial charge >= 0.3 is 0 Å². The Morgan fingerprint density at radius 1 is 1.23 bits per heavy atom. The second-order valence-electron chi connectivity index (χ2n) is 6.97. The molecular formula is C19H21F2N5. The zero-order valence-corrected chi connectivity index (χ0v) is 14.6. The number of aryl methyl sites for hydroxylation is 1. The maximum atomic E-state index is 13.9. The molecule has 0 bridgehead atoms. The topological polar surface area (TPSA) is 59.5 Å². The molecule has 0 amide bonds. The van der Waals surface area contributed by atoms with Gasteiger partial charge in [0.05, 0.1) is 11.4 Å². The number of benzene rings is 1. The van der Waals surface area contributed by atoms with E-state index >= 15 is 0 Å². The third-order valence-electron chi connectivity index (χ3n) is 4.92. The highest BCUT2D eigenvalue weighted by Gasteiger charge is 2.24. The maximum absolute atomic E-state index is 13.9. The number of nitrogen functional groups attached to an aromatic ring is 1. The molecule has 4 rings (SSSR count). The summed E-state index contributed by atoms with van der Waals surface area (Å²) >= 11 is 0. The van der Waals surface area contributed by atoms with E-state index in [1.807, 2.05) is 19.1 Å². The van der Waals surface area contributed by atoms with Crippen LogP contribution in [0.4, 0.5) is 14.6 Å². The number of nitrogens with zero attached hydrogens (tertiary/aromatic N) is 4. The van der Waals surface area contributed by atoms with Crippen molar-refractivity contribution in [2.24, 2.45) is 0 Å². The molecule has 2 N–H and O–H groups in total. The first-order valence-electron chi connectivity index (χ1n) is 8.78. The summed E-state index contributed by atoms with van der Waals surface area (Å²) in [6.07, 6.45) is 1.98. The van der Waals surface area contributed by atoms with Crippen molar-refractivity contribution in [3.05, 3.63) is 58.9 Å². The van der Waals surface area contributed by atoms with Gasteiger partial charge in [-0.3, -0.25) is 4.90 Å². The largest absolute Gasteiger partial charge is 0.384 e. The van der Waals surface area contributed by atoms with Crippen LogP contribution in [0, 0.1) is 18.6 Å². The van der Waals surface area contributed by atoms with Gasteiger partial charge < -0.3 is 5.73 Å². The molecule has 136 valence electrons. The van der Waals surface area contributed by atoms with E-state index in [-0.39, 0.29) is 11.7 Å². The Morgan fingerprint density at radius 2 is 2.08 bits per heavy atom. The minimum Gasteiger partial charge on any atom is -0.384 e. The molecular weight excluding hydrogens is 336 g/mol. The summed E-state index contributed by atoms with van der Waals surface area (Å²) in [5.74, 6) is -0.00715. The molecule has 2 aromatic heterocycles. The number of hydrogen-bond acceptors (Lipinski definition) is 4. The summed E-state index contributed by atoms with van der Waals surface area (Å²) in [7, 11) is 0. The molecule has 3 aromatic rings. The summed E-state index contributed by atoms with van der Waals surface area (Å²) < 4.78 is 29.0. The number of nitrogens with two attached hydrogens (primary N) is 1. The van der Waals surface area contributed by atoms with Crippen LogP contribution < -0.4 is 5.73 Å². The molecule has 0 radical (unpaired) electrons. The third-order valence-corrected chi connectivity index (χ3v) is 4.92. The van der Waals surface area contributed by atoms with Crippen molar-refractivity contribution < 1.29 is 8.78 Å². The Morgan fingerprint density at radius 3 is 2.92 bits per heavy atom. The lowest BCUT2D eigenvalue weighted by molar-refractivity contribution is 0.196. The predicted octanol–water partition coefficient (Wildman–Crippen LogP) is 3.28. The van der Waals surface area contributed by atoms with Gasteiger partial charge in [0.25, 0.3) is 0 Å². The second kappa shape index (κ2) is 6.64. The Labute approximate surface area is 150 Å². The molecule has 1 aromatic carbocycles. The SMILES string of the molecule is Cc1cc2nc([C@@H]3CCCN(Cc4cc(F)ccc4F)C3)cc(N)n2n1. The van der Waals surface area contributed by atoms with Gasteiger partial charge in [0.15, 0.2) is 5.65 Å². The van der Waals surface area contributed by atoms with Gasteiger partial charge in [-0.15, -0.1) is 0 Å². The first-order valence-corrected chi connectivity index (χ1v) is 8.78. The molecule has 1 atom stereocenters. The number of anilines is 1. The van der Waals surface area contributed by atoms with Crippen molar-refractivity contribution in [1.29, 1.82) is 0 Å². The van der Waals surface area contributed by atoms with Gasteiger partial charge in [0.1, 0.15) is 17.5 Å². The Hall–Kier alpha value is -2.54. The molecule has 5 nitrogen and oxygen atoms in total. The lowest BCUT2D eigenvalue weighted by Gasteiger charge is -2.32. The number of hydrogen-bond donors (Lipinski definition) is 1. The Kier molecular flexibility index (Phi) is 4.32. The van der Waals surface area contributed by atoms with Crippen LogP contribution in [0.5, 0.6) is 0 Å². The first kappa shape index (κ1) is 16.9. The fourth-order valence-electron chi connectivity index (χ4n) is 3.69. The molecule has 0 unspecified atom stereocenters. The van der Waals surface area contributed by atoms with Crippen LogP contribution in [-0.4, -0.2) is 32.6 Å². The van der Waals surface area contributed by atoms with Crippen molar-refractivity contribution in [1.82, 2.24) is 19.5 Å². The van der Waals surface area contributed by atoms with Crippen LogP contribution in [0.25, 0.3) is 5.65 Å². The van der Waals surface area contributed by atoms with Crippen molar-refractivity contribution >= 4 is 11.5 Å². The van der Waals surface area contributed by atoms with Crippen LogP contribution in [0.3, 0.4) is 0 Å². The van der Waals surface area contributed by atoms with E-state index in [0.29, 0.717) is 17.9 Å². The number of fused-ring (bicyclic) bond motifs is 1. The standard InChI is InChI=1S/C19H21F2N5/c1-12-7-19-23-17(9-18(22)26(19)24-12)13-3-2-6-25(10-13)11-14-8-15(20)4-5-16(14)21/h4-5,7-9,13H,2-3,6,10-11,22H2,1H3/t13-/m1/s1. The quantitative estimate of drug-likeness (QED) is 0.782. The third kappa shape index (κ3) is 3.26. The zero-order valence-electron chi connectivity index (χ0n) is 14.6. The van der Waals surface area contributed by atoms with E-state index in [1.54, 1.807) is 4.52 Å². The maximum Gasteiger partial charge on any atom is 0.157 e. The number of aromatic nitrogens is 3. The highest BCUT2D eigenvalue weighted by molar-refractivity contribution is 5.48. The van der Waals surface area contributed by atoms with Crippen molar-refractivity contribution in [3.63, 3.8) is 0 Å². The first-order chi connectivity index (χ1) is 12.5. The van der Waals surface area contributed by atoms with Crippen molar-refractivity contribution in [2.45, 2.75) is 32.2 Å². The van der Waals surface area contributed by atoms with Crippen LogP contribution in [-0.2, 0) is 6.54 Å². The molecule has 1 fully saturated rings. The molecule has 3 heterocycles. The van der Waals surface area contributed by atoms with E-state index < -0.39 is 5.82 Å². The second-order valence-corrected chi connectivity index (χ2v) is 6.97. The summed E-state index contributed by atoms with van der Waals surface area (Å²) in [6.45, 7) is 3.90. The molecule has 26 heavy (non-hydrogen) atoms. The average molecular weight is 357 g/mol. The van der Waals surface area contributed by atoms with Gasteiger partial charge in [-0.25, -0.2) is 13.8 Å². The normalized spacial score (nSPS) is 18.5. The number of likely N-dealkylation sites (tertiary alicyclic amines) is 1. The van der Waals surface area contributed by atoms with Gasteiger partial charge in [-0.1, -0.05) is 0 Å². The monoisotopic (exact) mass is 357 g/mol. The van der Waals surface area contributed by atoms with E-state index in [9.17, 15) is 8.78 Å². The van der Waals surface area contributed by atoms with Gasteiger partial charge in [0, 0.05) is 36.7 Å². The lowest BCUT2D eigenvalue weighted by atomic mass is 9.94. The van der Waals surface area contributed by atoms with Gasteiger partial charge in [0.2, 0.25) is 0 Å². The summed E-state index contributed by atoms with van der Waals surface area (Å²) in [5, 5.41) is 4.33. The summed E-state index contributed by atoms with van der Waals surface area (Å²) in [6, 6.07) is 7.38. The highest BCUT2D eigenvalue weighted by Crippen LogP contribution is 2.28. The Balaban J connectivity index is 1.56. The minimum atomic E-state index is -0.411. The predicted molar refractivity (Wildman–Crippen MR) is 95.7 cm³/mol. The molecule has 0 spiro atoms. The van der Waals surface area contributed by atoms with E-state index in [2.05, 4.69) is 10.00 Å². The molecule has 7 heteroatoms. The average Bonchev–Trinajstić information content (AvgIpc) is 2.99. The van der Waals surface area contributed by atoms with Gasteiger partial charge in [-0.2, -0.15) is 9.61 Å². The summed E-state index contributed by atoms with van der Waals surface area (Å²) in [4.78, 5) is 6.86. The number of halogens is 2. The Bertz CT molecular complexity index is 952. The minimum absolute atomic E-state index is 0.211. The molecule has 0 saturated carbocycles. The number of rotatable bonds is 3. The lowest BCUT2D eigenvalue weighted by Crippen LogP contribution is -2.34. The molecule has 1 aliphatic rings.